The molecule has 0 aliphatic carbocycles. The summed E-state index contributed by atoms with van der Waals surface area (Å²) in [6.45, 7) is 2.52. The maximum Gasteiger partial charge on any atom is 0.267 e. The summed E-state index contributed by atoms with van der Waals surface area (Å²) in [6.07, 6.45) is 5.18. The van der Waals surface area contributed by atoms with Crippen molar-refractivity contribution in [2.24, 2.45) is 0 Å². The number of carbonyl (C=O) groups excluding carboxylic acids is 2. The van der Waals surface area contributed by atoms with Crippen LogP contribution in [-0.4, -0.2) is 26.5 Å². The van der Waals surface area contributed by atoms with Crippen LogP contribution in [0.3, 0.4) is 0 Å². The van der Waals surface area contributed by atoms with Gasteiger partial charge in [0.2, 0.25) is 0 Å². The molecule has 1 aromatic carbocycles. The Bertz CT molecular complexity index is 850. The highest BCUT2D eigenvalue weighted by Gasteiger charge is 2.11. The number of ketones is 1. The lowest BCUT2D eigenvalue weighted by Gasteiger charge is -2.10. The third-order valence-electron chi connectivity index (χ3n) is 3.78. The minimum atomic E-state index is -0.239. The molecule has 0 aliphatic heterocycles. The average Bonchev–Trinajstić information content (AvgIpc) is 3.25. The number of amides is 1. The minimum Gasteiger partial charge on any atom is -0.356 e. The predicted octanol–water partition coefficient (Wildman–Crippen LogP) is 2.39. The van der Waals surface area contributed by atoms with Gasteiger partial charge in [-0.1, -0.05) is 24.3 Å². The van der Waals surface area contributed by atoms with E-state index in [1.54, 1.807) is 18.5 Å². The van der Waals surface area contributed by atoms with Gasteiger partial charge in [-0.3, -0.25) is 14.3 Å². The molecule has 0 radical (unpaired) electrons. The molecule has 0 aliphatic rings. The van der Waals surface area contributed by atoms with Crippen molar-refractivity contribution >= 4 is 11.7 Å². The van der Waals surface area contributed by atoms with E-state index in [-0.39, 0.29) is 11.7 Å². The van der Waals surface area contributed by atoms with Crippen molar-refractivity contribution in [1.82, 2.24) is 20.1 Å². The third kappa shape index (κ3) is 3.60. The van der Waals surface area contributed by atoms with Gasteiger partial charge < -0.3 is 10.3 Å². The van der Waals surface area contributed by atoms with E-state index in [1.165, 1.54) is 6.92 Å². The summed E-state index contributed by atoms with van der Waals surface area (Å²) >= 11 is 0. The minimum absolute atomic E-state index is 0.0742. The Balaban J connectivity index is 1.67. The Labute approximate surface area is 139 Å². The van der Waals surface area contributed by atoms with Crippen molar-refractivity contribution in [3.05, 3.63) is 77.4 Å². The molecule has 0 unspecified atom stereocenters. The second-order valence-corrected chi connectivity index (χ2v) is 5.51. The smallest absolute Gasteiger partial charge is 0.267 e. The Morgan fingerprint density at radius 3 is 2.67 bits per heavy atom. The molecular weight excluding hydrogens is 304 g/mol. The second kappa shape index (κ2) is 6.95. The van der Waals surface area contributed by atoms with E-state index < -0.39 is 0 Å². The van der Waals surface area contributed by atoms with E-state index in [0.29, 0.717) is 24.3 Å². The van der Waals surface area contributed by atoms with Crippen molar-refractivity contribution < 1.29 is 9.59 Å². The zero-order valence-electron chi connectivity index (χ0n) is 13.3. The molecular formula is C18H18N4O2. The first kappa shape index (κ1) is 15.7. The number of rotatable bonds is 6. The lowest BCUT2D eigenvalue weighted by molar-refractivity contribution is 0.0946. The van der Waals surface area contributed by atoms with Gasteiger partial charge in [0.15, 0.2) is 5.78 Å². The molecule has 3 aromatic rings. The maximum absolute atomic E-state index is 12.2. The first-order valence-corrected chi connectivity index (χ1v) is 7.65. The largest absolute Gasteiger partial charge is 0.356 e. The lowest BCUT2D eigenvalue weighted by Crippen LogP contribution is -2.24. The number of nitrogens with zero attached hydrogens (tertiary/aromatic N) is 2. The highest BCUT2D eigenvalue weighted by molar-refractivity contribution is 5.99. The molecule has 0 spiro atoms. The van der Waals surface area contributed by atoms with Crippen molar-refractivity contribution in [1.29, 1.82) is 0 Å². The van der Waals surface area contributed by atoms with Gasteiger partial charge in [-0.25, -0.2) is 0 Å². The fourth-order valence-corrected chi connectivity index (χ4v) is 2.45. The fraction of sp³-hybridized carbons (Fsp3) is 0.167. The van der Waals surface area contributed by atoms with Gasteiger partial charge in [-0.2, -0.15) is 5.10 Å². The van der Waals surface area contributed by atoms with Crippen LogP contribution in [0.4, 0.5) is 0 Å². The normalized spacial score (nSPS) is 10.5. The molecule has 1 amide bonds. The van der Waals surface area contributed by atoms with E-state index in [4.69, 9.17) is 0 Å². The summed E-state index contributed by atoms with van der Waals surface area (Å²) in [7, 11) is 0. The summed E-state index contributed by atoms with van der Waals surface area (Å²) in [5.74, 6) is -0.314. The van der Waals surface area contributed by atoms with Crippen LogP contribution >= 0.6 is 0 Å². The van der Waals surface area contributed by atoms with Crippen LogP contribution in [0, 0.1) is 0 Å². The van der Waals surface area contributed by atoms with Gasteiger partial charge in [-0.15, -0.1) is 0 Å². The molecule has 0 atom stereocenters. The van der Waals surface area contributed by atoms with Crippen LogP contribution in [0.25, 0.3) is 0 Å². The molecule has 6 nitrogen and oxygen atoms in total. The van der Waals surface area contributed by atoms with Gasteiger partial charge in [0.1, 0.15) is 5.69 Å². The summed E-state index contributed by atoms with van der Waals surface area (Å²) in [4.78, 5) is 26.3. The molecule has 2 heterocycles. The number of carbonyl (C=O) groups is 2. The number of nitrogens with one attached hydrogen (secondary N) is 2. The third-order valence-corrected chi connectivity index (χ3v) is 3.78. The topological polar surface area (TPSA) is 79.8 Å². The summed E-state index contributed by atoms with van der Waals surface area (Å²) < 4.78 is 1.84. The van der Waals surface area contributed by atoms with Crippen LogP contribution in [0.15, 0.2) is 55.0 Å². The molecule has 3 rings (SSSR count). The number of aromatic amines is 1. The maximum atomic E-state index is 12.2. The van der Waals surface area contributed by atoms with Crippen LogP contribution in [0.5, 0.6) is 0 Å². The number of benzene rings is 1. The molecule has 6 heteroatoms. The SMILES string of the molecule is CC(=O)c1c[nH]c(C(=O)NCc2ccccc2Cn2cccn2)c1. The van der Waals surface area contributed by atoms with Gasteiger partial charge >= 0.3 is 0 Å². The average molecular weight is 322 g/mol. The fourth-order valence-electron chi connectivity index (χ4n) is 2.45. The summed E-state index contributed by atoms with van der Waals surface area (Å²) in [5.41, 5.74) is 3.00. The number of H-pyrrole nitrogens is 1. The monoisotopic (exact) mass is 322 g/mol. The van der Waals surface area contributed by atoms with Crippen LogP contribution in [0.2, 0.25) is 0 Å². The van der Waals surface area contributed by atoms with Gasteiger partial charge in [-0.05, 0) is 30.2 Å². The first-order valence-electron chi connectivity index (χ1n) is 7.65. The summed E-state index contributed by atoms with van der Waals surface area (Å²) in [6, 6.07) is 11.3. The number of hydrogen-bond donors (Lipinski definition) is 2. The molecule has 0 fully saturated rings. The van der Waals surface area contributed by atoms with Crippen molar-refractivity contribution in [2.45, 2.75) is 20.0 Å². The van der Waals surface area contributed by atoms with E-state index >= 15 is 0 Å². The number of aromatic nitrogens is 3. The highest BCUT2D eigenvalue weighted by atomic mass is 16.2. The Morgan fingerprint density at radius 1 is 1.21 bits per heavy atom. The van der Waals surface area contributed by atoms with Crippen LogP contribution in [-0.2, 0) is 13.1 Å². The lowest BCUT2D eigenvalue weighted by atomic mass is 10.1. The zero-order chi connectivity index (χ0) is 16.9. The van der Waals surface area contributed by atoms with Crippen molar-refractivity contribution in [3.63, 3.8) is 0 Å². The molecule has 2 N–H and O–H groups in total. The van der Waals surface area contributed by atoms with Crippen LogP contribution < -0.4 is 5.32 Å². The van der Waals surface area contributed by atoms with E-state index in [0.717, 1.165) is 11.1 Å². The van der Waals surface area contributed by atoms with Gasteiger partial charge in [0.25, 0.3) is 5.91 Å². The Kier molecular flexibility index (Phi) is 4.56. The summed E-state index contributed by atoms with van der Waals surface area (Å²) in [5, 5.41) is 7.08. The van der Waals surface area contributed by atoms with Gasteiger partial charge in [0, 0.05) is 30.7 Å². The molecule has 0 bridgehead atoms. The van der Waals surface area contributed by atoms with Gasteiger partial charge in [0.05, 0.1) is 6.54 Å². The number of hydrogen-bond acceptors (Lipinski definition) is 3. The standard InChI is InChI=1S/C18H18N4O2/c1-13(23)16-9-17(19-11-16)18(24)20-10-14-5-2-3-6-15(14)12-22-8-4-7-21-22/h2-9,11,19H,10,12H2,1H3,(H,20,24). The quantitative estimate of drug-likeness (QED) is 0.684. The van der Waals surface area contributed by atoms with E-state index in [9.17, 15) is 9.59 Å². The van der Waals surface area contributed by atoms with Crippen molar-refractivity contribution in [3.8, 4) is 0 Å². The van der Waals surface area contributed by atoms with Crippen molar-refractivity contribution in [2.75, 3.05) is 0 Å². The molecule has 0 saturated heterocycles. The van der Waals surface area contributed by atoms with Crippen LogP contribution in [0.1, 0.15) is 38.9 Å². The first-order chi connectivity index (χ1) is 11.6. The molecule has 24 heavy (non-hydrogen) atoms. The second-order valence-electron chi connectivity index (χ2n) is 5.51. The Hall–Kier alpha value is -3.15. The molecule has 0 saturated carbocycles. The van der Waals surface area contributed by atoms with E-state index in [2.05, 4.69) is 15.4 Å². The number of Topliss-reactive ketones (excluding diaryl/α,β-unsaturated/α-hetero) is 1. The highest BCUT2D eigenvalue weighted by Crippen LogP contribution is 2.11. The Morgan fingerprint density at radius 2 is 2.00 bits per heavy atom. The molecule has 122 valence electrons. The zero-order valence-corrected chi connectivity index (χ0v) is 13.3. The molecule has 2 aromatic heterocycles. The predicted molar refractivity (Wildman–Crippen MR) is 89.7 cm³/mol. The van der Waals surface area contributed by atoms with E-state index in [1.807, 2.05) is 41.2 Å².